The number of hydrogen-bond donors (Lipinski definition) is 4. The van der Waals surface area contributed by atoms with Crippen LogP contribution >= 0.6 is 0 Å². The molecule has 0 aliphatic heterocycles. The van der Waals surface area contributed by atoms with Crippen LogP contribution in [0.1, 0.15) is 0 Å². The van der Waals surface area contributed by atoms with Gasteiger partial charge in [-0.2, -0.15) is 0 Å². The minimum absolute atomic E-state index is 4.61. The van der Waals surface area contributed by atoms with Crippen molar-refractivity contribution in [3.63, 3.8) is 0 Å². The van der Waals surface area contributed by atoms with Gasteiger partial charge in [-0.15, -0.1) is 0 Å². The van der Waals surface area contributed by atoms with Crippen molar-refractivity contribution >= 4 is 9.05 Å². The van der Waals surface area contributed by atoms with Crippen molar-refractivity contribution in [1.82, 2.24) is 0 Å². The van der Waals surface area contributed by atoms with Crippen LogP contribution in [0.4, 0.5) is 21.3 Å². The molecule has 0 heterocycles. The first-order valence-electron chi connectivity index (χ1n) is 1.58. The van der Waals surface area contributed by atoms with Crippen LogP contribution in [0.2, 0.25) is 0 Å². The van der Waals surface area contributed by atoms with Crippen LogP contribution in [0.3, 0.4) is 0 Å². The zero-order chi connectivity index (χ0) is 10.9. The molecule has 0 saturated carbocycles. The van der Waals surface area contributed by atoms with Crippen molar-refractivity contribution in [3.8, 4) is 0 Å². The second-order valence-corrected chi connectivity index (χ2v) is 4.46. The summed E-state index contributed by atoms with van der Waals surface area (Å²) in [4.78, 5) is 29.3. The molecule has 0 aromatic heterocycles. The van der Waals surface area contributed by atoms with E-state index in [1.807, 2.05) is 0 Å². The molecule has 0 atom stereocenters. The Balaban J connectivity index is 0. The molecule has 0 fully saturated rings. The second kappa shape index (κ2) is 2.57. The summed E-state index contributed by atoms with van der Waals surface area (Å²) in [5.41, 5.74) is 0. The van der Waals surface area contributed by atoms with E-state index in [-0.39, 0.29) is 0 Å². The Hall–Kier alpha value is 0.156. The summed E-state index contributed by atoms with van der Waals surface area (Å²) in [6.07, 6.45) is 0. The average molecular weight is 274 g/mol. The molecule has 0 aromatic carbocycles. The van der Waals surface area contributed by atoms with E-state index >= 15 is 0 Å². The Kier molecular flexibility index (Phi) is 3.14. The van der Waals surface area contributed by atoms with Crippen LogP contribution in [0, 0.1) is 0 Å². The van der Waals surface area contributed by atoms with Gasteiger partial charge in [0.2, 0.25) is 0 Å². The summed E-state index contributed by atoms with van der Waals surface area (Å²) < 4.78 is 59.1. The predicted molar refractivity (Wildman–Crippen MR) is 21.3 cm³/mol. The van der Waals surface area contributed by atoms with Gasteiger partial charge in [0.15, 0.2) is 0 Å². The van der Waals surface area contributed by atoms with Crippen molar-refractivity contribution in [1.29, 1.82) is 0 Å². The van der Waals surface area contributed by atoms with Gasteiger partial charge in [0.1, 0.15) is 0 Å². The molecule has 0 aliphatic carbocycles. The zero-order valence-corrected chi connectivity index (χ0v) is 6.80. The Labute approximate surface area is 63.9 Å². The van der Waals surface area contributed by atoms with Gasteiger partial charge in [-0.3, -0.25) is 0 Å². The molecule has 12 heteroatoms. The summed E-state index contributed by atoms with van der Waals surface area (Å²) in [7, 11) is -4.61. The third-order valence-corrected chi connectivity index (χ3v) is 0. The van der Waals surface area contributed by atoms with E-state index in [2.05, 4.69) is 0 Å². The van der Waals surface area contributed by atoms with Gasteiger partial charge >= 0.3 is 43.8 Å². The van der Waals surface area contributed by atoms with Crippen molar-refractivity contribution in [2.45, 2.75) is 0 Å². The molecule has 0 rings (SSSR count). The van der Waals surface area contributed by atoms with Gasteiger partial charge in [-0.25, -0.2) is 0 Å². The molecule has 0 saturated heterocycles. The first-order valence-corrected chi connectivity index (χ1v) is 5.50. The second-order valence-electron chi connectivity index (χ2n) is 1.25. The Bertz CT molecular complexity index is 130. The zero-order valence-electron chi connectivity index (χ0n) is 4.86. The fraction of sp³-hybridized carbons (Fsp3) is 0. The molecular formula is H4CuF6O4Si. The SMILES string of the molecule is O[Si](O)(O)O.[F][Cu]([F])([F])([F])([F])[F]. The third kappa shape index (κ3) is 34800. The minimum atomic E-state index is -10.4. The van der Waals surface area contributed by atoms with Gasteiger partial charge in [0, 0.05) is 0 Å². The van der Waals surface area contributed by atoms with Gasteiger partial charge in [-0.1, -0.05) is 0 Å². The normalized spacial score (nSPS) is 18.5. The molecule has 85 valence electrons. The van der Waals surface area contributed by atoms with Gasteiger partial charge in [-0.05, 0) is 0 Å². The molecule has 4 N–H and O–H groups in total. The quantitative estimate of drug-likeness (QED) is 0.367. The molecule has 0 unspecified atom stereocenters. The van der Waals surface area contributed by atoms with E-state index < -0.39 is 22.5 Å². The number of hydrogen-bond acceptors (Lipinski definition) is 4. The van der Waals surface area contributed by atoms with E-state index in [4.69, 9.17) is 19.2 Å². The molecule has 0 aliphatic rings. The van der Waals surface area contributed by atoms with Crippen LogP contribution in [0.5, 0.6) is 0 Å². The fourth-order valence-electron chi connectivity index (χ4n) is 0. The Morgan fingerprint density at radius 1 is 0.667 bits per heavy atom. The van der Waals surface area contributed by atoms with Crippen molar-refractivity contribution in [2.24, 2.45) is 0 Å². The van der Waals surface area contributed by atoms with Crippen molar-refractivity contribution in [2.75, 3.05) is 0 Å². The summed E-state index contributed by atoms with van der Waals surface area (Å²) in [5.74, 6) is 0. The topological polar surface area (TPSA) is 80.9 Å². The first-order chi connectivity index (χ1) is 4.45. The fourth-order valence-corrected chi connectivity index (χ4v) is 0. The van der Waals surface area contributed by atoms with E-state index in [0.29, 0.717) is 0 Å². The molecule has 12 heavy (non-hydrogen) atoms. The first kappa shape index (κ1) is 14.7. The molecule has 0 aromatic rings. The summed E-state index contributed by atoms with van der Waals surface area (Å²) in [6, 6.07) is 0. The molecule has 0 spiro atoms. The molecular weight excluding hydrogens is 270 g/mol. The van der Waals surface area contributed by atoms with E-state index in [0.717, 1.165) is 0 Å². The maximum atomic E-state index is 9.84. The third-order valence-electron chi connectivity index (χ3n) is 0. The van der Waals surface area contributed by atoms with Gasteiger partial charge in [0.25, 0.3) is 0 Å². The van der Waals surface area contributed by atoms with E-state index in [9.17, 15) is 21.3 Å². The average Bonchev–Trinajstić information content (AvgIpc) is 1.04. The molecule has 4 nitrogen and oxygen atoms in total. The number of halogens is 6. The van der Waals surface area contributed by atoms with Crippen LogP contribution in [-0.4, -0.2) is 28.2 Å². The van der Waals surface area contributed by atoms with Crippen molar-refractivity contribution < 1.29 is 54.0 Å². The van der Waals surface area contributed by atoms with E-state index in [1.54, 1.807) is 0 Å². The Morgan fingerprint density at radius 2 is 0.667 bits per heavy atom. The predicted octanol–water partition coefficient (Wildman–Crippen LogP) is -0.0901. The molecule has 0 amide bonds. The van der Waals surface area contributed by atoms with Crippen molar-refractivity contribution in [3.05, 3.63) is 0 Å². The summed E-state index contributed by atoms with van der Waals surface area (Å²) in [5, 5.41) is 0. The van der Waals surface area contributed by atoms with Gasteiger partial charge < -0.3 is 19.2 Å². The van der Waals surface area contributed by atoms with E-state index in [1.165, 1.54) is 0 Å². The summed E-state index contributed by atoms with van der Waals surface area (Å²) >= 11 is -10.4. The molecule has 0 bridgehead atoms. The van der Waals surface area contributed by atoms with Gasteiger partial charge in [0.05, 0.1) is 0 Å². The molecule has 0 radical (unpaired) electrons. The van der Waals surface area contributed by atoms with Crippen LogP contribution < -0.4 is 0 Å². The van der Waals surface area contributed by atoms with Crippen LogP contribution in [-0.2, 0) is 13.5 Å². The summed E-state index contributed by atoms with van der Waals surface area (Å²) in [6.45, 7) is 0. The standard InChI is InChI=1S/Cu.6FH.H4O4Si/c;;;;;;;1-5(2,3)4/h;6*1H;1-4H/q+6;;;;;;;/p-6. The maximum absolute atomic E-state index is 10.4. The number of rotatable bonds is 0. The van der Waals surface area contributed by atoms with Crippen LogP contribution in [0.25, 0.3) is 0 Å². The Morgan fingerprint density at radius 3 is 0.667 bits per heavy atom. The van der Waals surface area contributed by atoms with Crippen LogP contribution in [0.15, 0.2) is 0 Å². The monoisotopic (exact) mass is 273 g/mol.